The van der Waals surface area contributed by atoms with Crippen LogP contribution in [-0.2, 0) is 28.7 Å². The highest BCUT2D eigenvalue weighted by Crippen LogP contribution is 2.16. The first kappa shape index (κ1) is 29.0. The maximum atomic E-state index is 12.1. The van der Waals surface area contributed by atoms with Crippen molar-refractivity contribution < 1.29 is 62.3 Å². The molecule has 0 aliphatic carbocycles. The first-order valence-electron chi connectivity index (χ1n) is 8.68. The van der Waals surface area contributed by atoms with Crippen molar-refractivity contribution in [3.8, 4) is 0 Å². The summed E-state index contributed by atoms with van der Waals surface area (Å²) >= 11 is 0. The molecule has 0 aromatic rings. The van der Waals surface area contributed by atoms with Crippen molar-refractivity contribution in [2.75, 3.05) is 19.8 Å². The SMILES string of the molecule is C[C@H](O)[C@H](N)C(=O)N[C@H](CO)C(=O)N[C@@H](CO)C(=O)N[C@@H](COC(=O)C(F)(F)F)C(=O)O. The number of rotatable bonds is 12. The van der Waals surface area contributed by atoms with Crippen LogP contribution in [-0.4, -0.2) is 106 Å². The summed E-state index contributed by atoms with van der Waals surface area (Å²) in [5.41, 5.74) is 5.36. The van der Waals surface area contributed by atoms with E-state index in [1.807, 2.05) is 10.6 Å². The van der Waals surface area contributed by atoms with Crippen LogP contribution in [0.5, 0.6) is 0 Å². The predicted molar refractivity (Wildman–Crippen MR) is 94.3 cm³/mol. The molecule has 0 unspecified atom stereocenters. The Kier molecular flexibility index (Phi) is 11.5. The normalized spacial score (nSPS) is 16.0. The van der Waals surface area contributed by atoms with Crippen LogP contribution >= 0.6 is 0 Å². The number of aliphatic carboxylic acids is 1. The van der Waals surface area contributed by atoms with Crippen LogP contribution in [0.3, 0.4) is 0 Å². The summed E-state index contributed by atoms with van der Waals surface area (Å²) in [4.78, 5) is 57.7. The van der Waals surface area contributed by atoms with Gasteiger partial charge in [0.15, 0.2) is 6.04 Å². The molecule has 0 fully saturated rings. The van der Waals surface area contributed by atoms with Gasteiger partial charge in [-0.3, -0.25) is 14.4 Å². The number of carboxylic acid groups (broad SMARTS) is 1. The van der Waals surface area contributed by atoms with E-state index in [2.05, 4.69) is 4.74 Å². The summed E-state index contributed by atoms with van der Waals surface area (Å²) < 4.78 is 40.1. The standard InChI is InChI=1S/C15H23F3N4O10/c1-5(25)9(19)12(28)21-7(3-24)10(26)20-6(2-23)11(27)22-8(13(29)30)4-32-14(31)15(16,17)18/h5-9,23-25H,2-4,19H2,1H3,(H,20,26)(H,21,28)(H,22,27)(H,29,30)/t5-,6-,7+,8-,9-/m0/s1. The van der Waals surface area contributed by atoms with Crippen LogP contribution < -0.4 is 21.7 Å². The lowest BCUT2D eigenvalue weighted by Gasteiger charge is -2.23. The van der Waals surface area contributed by atoms with Crippen molar-refractivity contribution in [1.29, 1.82) is 0 Å². The number of ether oxygens (including phenoxy) is 1. The van der Waals surface area contributed by atoms with Crippen LogP contribution in [0, 0.1) is 0 Å². The molecule has 0 heterocycles. The molecule has 0 bridgehead atoms. The fourth-order valence-corrected chi connectivity index (χ4v) is 1.84. The number of nitrogens with two attached hydrogens (primary N) is 1. The van der Waals surface area contributed by atoms with E-state index in [-0.39, 0.29) is 0 Å². The molecule has 0 aliphatic rings. The lowest BCUT2D eigenvalue weighted by molar-refractivity contribution is -0.200. The van der Waals surface area contributed by atoms with E-state index in [9.17, 15) is 52.5 Å². The van der Waals surface area contributed by atoms with Gasteiger partial charge in [0.2, 0.25) is 17.7 Å². The number of carbonyl (C=O) groups excluding carboxylic acids is 4. The molecule has 5 atom stereocenters. The number of amides is 3. The van der Waals surface area contributed by atoms with Gasteiger partial charge in [-0.25, -0.2) is 9.59 Å². The van der Waals surface area contributed by atoms with Crippen molar-refractivity contribution in [3.63, 3.8) is 0 Å². The molecule has 0 aromatic carbocycles. The van der Waals surface area contributed by atoms with E-state index in [1.165, 1.54) is 6.92 Å². The number of aliphatic hydroxyl groups is 3. The molecule has 17 heteroatoms. The third-order valence-electron chi connectivity index (χ3n) is 3.68. The molecule has 0 rings (SSSR count). The highest BCUT2D eigenvalue weighted by molar-refractivity contribution is 5.94. The van der Waals surface area contributed by atoms with E-state index < -0.39 is 85.9 Å². The summed E-state index contributed by atoms with van der Waals surface area (Å²) in [6, 6.07) is -7.21. The van der Waals surface area contributed by atoms with Crippen molar-refractivity contribution in [3.05, 3.63) is 0 Å². The number of carbonyl (C=O) groups is 5. The zero-order valence-corrected chi connectivity index (χ0v) is 16.5. The number of hydrogen-bond donors (Lipinski definition) is 8. The fourth-order valence-electron chi connectivity index (χ4n) is 1.84. The van der Waals surface area contributed by atoms with Crippen LogP contribution in [0.25, 0.3) is 0 Å². The highest BCUT2D eigenvalue weighted by Gasteiger charge is 2.42. The third-order valence-corrected chi connectivity index (χ3v) is 3.68. The quantitative estimate of drug-likeness (QED) is 0.125. The van der Waals surface area contributed by atoms with Crippen molar-refractivity contribution in [2.24, 2.45) is 5.73 Å². The summed E-state index contributed by atoms with van der Waals surface area (Å²) in [6.07, 6.45) is -6.72. The maximum Gasteiger partial charge on any atom is 0.490 e. The van der Waals surface area contributed by atoms with Gasteiger partial charge in [0.05, 0.1) is 19.3 Å². The van der Waals surface area contributed by atoms with Gasteiger partial charge >= 0.3 is 18.1 Å². The number of carboxylic acids is 1. The molecule has 32 heavy (non-hydrogen) atoms. The first-order valence-corrected chi connectivity index (χ1v) is 8.68. The highest BCUT2D eigenvalue weighted by atomic mass is 19.4. The smallest absolute Gasteiger partial charge is 0.480 e. The summed E-state index contributed by atoms with van der Waals surface area (Å²) in [5, 5.41) is 42.2. The monoisotopic (exact) mass is 476 g/mol. The van der Waals surface area contributed by atoms with Gasteiger partial charge in [0, 0.05) is 0 Å². The molecule has 0 radical (unpaired) electrons. The maximum absolute atomic E-state index is 12.1. The number of alkyl halides is 3. The van der Waals surface area contributed by atoms with Crippen LogP contribution in [0.1, 0.15) is 6.92 Å². The Morgan fingerprint density at radius 2 is 1.31 bits per heavy atom. The minimum Gasteiger partial charge on any atom is -0.480 e. The number of nitrogens with one attached hydrogen (secondary N) is 3. The lowest BCUT2D eigenvalue weighted by Crippen LogP contribution is -2.60. The van der Waals surface area contributed by atoms with Gasteiger partial charge in [0.1, 0.15) is 24.7 Å². The molecular weight excluding hydrogens is 453 g/mol. The Bertz CT molecular complexity index is 703. The van der Waals surface area contributed by atoms with Crippen molar-refractivity contribution in [2.45, 2.75) is 43.4 Å². The number of esters is 1. The zero-order chi connectivity index (χ0) is 25.2. The molecule has 14 nitrogen and oxygen atoms in total. The number of hydrogen-bond acceptors (Lipinski definition) is 10. The van der Waals surface area contributed by atoms with Gasteiger partial charge < -0.3 is 46.8 Å². The minimum absolute atomic E-state index is 1.00. The van der Waals surface area contributed by atoms with Gasteiger partial charge in [-0.15, -0.1) is 0 Å². The fraction of sp³-hybridized carbons (Fsp3) is 0.667. The summed E-state index contributed by atoms with van der Waals surface area (Å²) in [5.74, 6) is -8.29. The number of halogens is 3. The Balaban J connectivity index is 5.09. The van der Waals surface area contributed by atoms with Gasteiger partial charge in [-0.05, 0) is 6.92 Å². The topological polar surface area (TPSA) is 238 Å². The van der Waals surface area contributed by atoms with E-state index >= 15 is 0 Å². The second-order valence-electron chi connectivity index (χ2n) is 6.25. The molecular formula is C15H23F3N4O10. The molecule has 0 spiro atoms. The van der Waals surface area contributed by atoms with Crippen molar-refractivity contribution in [1.82, 2.24) is 16.0 Å². The average Bonchev–Trinajstić information content (AvgIpc) is 2.70. The molecule has 184 valence electrons. The van der Waals surface area contributed by atoms with Crippen LogP contribution in [0.2, 0.25) is 0 Å². The van der Waals surface area contributed by atoms with Crippen molar-refractivity contribution >= 4 is 29.7 Å². The molecule has 0 saturated heterocycles. The average molecular weight is 476 g/mol. The largest absolute Gasteiger partial charge is 0.490 e. The molecule has 0 saturated carbocycles. The Labute approximate surface area is 177 Å². The van der Waals surface area contributed by atoms with E-state index in [4.69, 9.17) is 10.8 Å². The molecule has 0 aromatic heterocycles. The van der Waals surface area contributed by atoms with E-state index in [1.54, 1.807) is 5.32 Å². The third kappa shape index (κ3) is 9.41. The second-order valence-corrected chi connectivity index (χ2v) is 6.25. The van der Waals surface area contributed by atoms with Gasteiger partial charge in [0.25, 0.3) is 0 Å². The predicted octanol–water partition coefficient (Wildman–Crippen LogP) is -4.68. The lowest BCUT2D eigenvalue weighted by atomic mass is 10.1. The van der Waals surface area contributed by atoms with Gasteiger partial charge in [-0.2, -0.15) is 13.2 Å². The Morgan fingerprint density at radius 1 is 0.906 bits per heavy atom. The Morgan fingerprint density at radius 3 is 1.66 bits per heavy atom. The molecule has 9 N–H and O–H groups in total. The second kappa shape index (κ2) is 12.7. The van der Waals surface area contributed by atoms with Crippen LogP contribution in [0.15, 0.2) is 0 Å². The molecule has 3 amide bonds. The zero-order valence-electron chi connectivity index (χ0n) is 16.5. The molecule has 0 aliphatic heterocycles. The minimum atomic E-state index is -5.41. The van der Waals surface area contributed by atoms with E-state index in [0.717, 1.165) is 0 Å². The van der Waals surface area contributed by atoms with Crippen LogP contribution in [0.4, 0.5) is 13.2 Å². The Hall–Kier alpha value is -3.02. The first-order chi connectivity index (χ1) is 14.6. The van der Waals surface area contributed by atoms with E-state index in [0.29, 0.717) is 0 Å². The summed E-state index contributed by atoms with van der Waals surface area (Å²) in [6.45, 7) is -2.38. The summed E-state index contributed by atoms with van der Waals surface area (Å²) in [7, 11) is 0. The number of aliphatic hydroxyl groups excluding tert-OH is 3. The van der Waals surface area contributed by atoms with Gasteiger partial charge in [-0.1, -0.05) is 0 Å².